The van der Waals surface area contributed by atoms with Gasteiger partial charge in [-0.1, -0.05) is 28.8 Å². The second-order valence-corrected chi connectivity index (χ2v) is 5.46. The van der Waals surface area contributed by atoms with Crippen LogP contribution >= 0.6 is 15.9 Å². The monoisotopic (exact) mass is 299 g/mol. The Morgan fingerprint density at radius 3 is 2.76 bits per heavy atom. The molecule has 2 rings (SSSR count). The summed E-state index contributed by atoms with van der Waals surface area (Å²) in [6.07, 6.45) is 3.68. The molecule has 92 valence electrons. The number of benzene rings is 1. The van der Waals surface area contributed by atoms with Gasteiger partial charge >= 0.3 is 0 Å². The molecule has 0 aromatic heterocycles. The second kappa shape index (κ2) is 5.27. The van der Waals surface area contributed by atoms with Gasteiger partial charge in [0, 0.05) is 16.4 Å². The van der Waals surface area contributed by atoms with Gasteiger partial charge in [0.05, 0.1) is 5.56 Å². The number of halogens is 2. The van der Waals surface area contributed by atoms with Crippen molar-refractivity contribution in [2.45, 2.75) is 31.7 Å². The molecular formula is C13H15BrFNO. The molecule has 0 aliphatic heterocycles. The summed E-state index contributed by atoms with van der Waals surface area (Å²) >= 11 is 3.25. The average molecular weight is 300 g/mol. The Balaban J connectivity index is 2.26. The van der Waals surface area contributed by atoms with Crippen LogP contribution in [0.5, 0.6) is 0 Å². The van der Waals surface area contributed by atoms with Gasteiger partial charge in [-0.25, -0.2) is 4.39 Å². The highest BCUT2D eigenvalue weighted by Gasteiger charge is 2.30. The number of hydrogen-bond donors (Lipinski definition) is 1. The molecule has 2 nitrogen and oxygen atoms in total. The zero-order chi connectivity index (χ0) is 12.4. The summed E-state index contributed by atoms with van der Waals surface area (Å²) in [7, 11) is 0. The fourth-order valence-corrected chi connectivity index (χ4v) is 2.73. The second-order valence-electron chi connectivity index (χ2n) is 4.54. The van der Waals surface area contributed by atoms with Crippen molar-refractivity contribution in [2.24, 2.45) is 11.7 Å². The van der Waals surface area contributed by atoms with Crippen molar-refractivity contribution in [3.63, 3.8) is 0 Å². The third-order valence-electron chi connectivity index (χ3n) is 3.35. The zero-order valence-electron chi connectivity index (χ0n) is 9.46. The van der Waals surface area contributed by atoms with Crippen LogP contribution in [0.15, 0.2) is 22.7 Å². The van der Waals surface area contributed by atoms with E-state index < -0.39 is 5.82 Å². The standard InChI is InChI=1S/C13H15BrFNO/c14-8-5-6-11(15)10(7-8)13(17)9-3-1-2-4-12(9)16/h5-7,9,12H,1-4,16H2. The predicted octanol–water partition coefficient (Wildman–Crippen LogP) is 3.29. The highest BCUT2D eigenvalue weighted by atomic mass is 79.9. The van der Waals surface area contributed by atoms with Crippen molar-refractivity contribution >= 4 is 21.7 Å². The Labute approximate surface area is 109 Å². The third kappa shape index (κ3) is 2.75. The number of rotatable bonds is 2. The Hall–Kier alpha value is -0.740. The predicted molar refractivity (Wildman–Crippen MR) is 68.4 cm³/mol. The average Bonchev–Trinajstić information content (AvgIpc) is 2.32. The number of carbonyl (C=O) groups excluding carboxylic acids is 1. The van der Waals surface area contributed by atoms with E-state index >= 15 is 0 Å². The van der Waals surface area contributed by atoms with Gasteiger partial charge in [0.1, 0.15) is 5.82 Å². The van der Waals surface area contributed by atoms with Crippen LogP contribution in [0, 0.1) is 11.7 Å². The van der Waals surface area contributed by atoms with E-state index in [9.17, 15) is 9.18 Å². The van der Waals surface area contributed by atoms with Crippen molar-refractivity contribution < 1.29 is 9.18 Å². The summed E-state index contributed by atoms with van der Waals surface area (Å²) in [6, 6.07) is 4.31. The SMILES string of the molecule is NC1CCCCC1C(=O)c1cc(Br)ccc1F. The maximum absolute atomic E-state index is 13.6. The van der Waals surface area contributed by atoms with Crippen molar-refractivity contribution in [3.05, 3.63) is 34.1 Å². The topological polar surface area (TPSA) is 43.1 Å². The maximum atomic E-state index is 13.6. The van der Waals surface area contributed by atoms with Gasteiger partial charge in [0.15, 0.2) is 5.78 Å². The van der Waals surface area contributed by atoms with Crippen molar-refractivity contribution in [1.29, 1.82) is 0 Å². The molecule has 1 aliphatic rings. The van der Waals surface area contributed by atoms with E-state index in [1.165, 1.54) is 6.07 Å². The van der Waals surface area contributed by atoms with E-state index in [0.29, 0.717) is 4.47 Å². The first-order valence-electron chi connectivity index (χ1n) is 5.84. The number of nitrogens with two attached hydrogens (primary N) is 1. The molecule has 17 heavy (non-hydrogen) atoms. The molecule has 1 aromatic rings. The van der Waals surface area contributed by atoms with Gasteiger partial charge in [-0.2, -0.15) is 0 Å². The van der Waals surface area contributed by atoms with Crippen LogP contribution < -0.4 is 5.73 Å². The van der Waals surface area contributed by atoms with Crippen LogP contribution in [0.4, 0.5) is 4.39 Å². The summed E-state index contributed by atoms with van der Waals surface area (Å²) in [5, 5.41) is 0. The van der Waals surface area contributed by atoms with E-state index in [2.05, 4.69) is 15.9 Å². The van der Waals surface area contributed by atoms with Gasteiger partial charge in [-0.05, 0) is 31.0 Å². The molecule has 2 unspecified atom stereocenters. The molecule has 1 saturated carbocycles. The lowest BCUT2D eigenvalue weighted by atomic mass is 9.80. The number of Topliss-reactive ketones (excluding diaryl/α,β-unsaturated/α-hetero) is 1. The van der Waals surface area contributed by atoms with Gasteiger partial charge in [0.2, 0.25) is 0 Å². The normalized spacial score (nSPS) is 24.6. The van der Waals surface area contributed by atoms with Crippen molar-refractivity contribution in [2.75, 3.05) is 0 Å². The maximum Gasteiger partial charge on any atom is 0.170 e. The molecule has 4 heteroatoms. The van der Waals surface area contributed by atoms with Gasteiger partial charge in [-0.15, -0.1) is 0 Å². The molecule has 2 atom stereocenters. The van der Waals surface area contributed by atoms with Gasteiger partial charge in [-0.3, -0.25) is 4.79 Å². The number of ketones is 1. The highest BCUT2D eigenvalue weighted by Crippen LogP contribution is 2.28. The van der Waals surface area contributed by atoms with Crippen LogP contribution in [0.3, 0.4) is 0 Å². The molecule has 0 heterocycles. The Morgan fingerprint density at radius 1 is 1.35 bits per heavy atom. The van der Waals surface area contributed by atoms with Gasteiger partial charge in [0.25, 0.3) is 0 Å². The molecule has 0 bridgehead atoms. The Morgan fingerprint density at radius 2 is 2.06 bits per heavy atom. The van der Waals surface area contributed by atoms with Crippen LogP contribution in [0.25, 0.3) is 0 Å². The first-order chi connectivity index (χ1) is 8.09. The summed E-state index contributed by atoms with van der Waals surface area (Å²) < 4.78 is 14.3. The zero-order valence-corrected chi connectivity index (χ0v) is 11.0. The molecule has 0 spiro atoms. The summed E-state index contributed by atoms with van der Waals surface area (Å²) in [6.45, 7) is 0. The molecule has 1 aromatic carbocycles. The number of hydrogen-bond acceptors (Lipinski definition) is 2. The minimum Gasteiger partial charge on any atom is -0.327 e. The minimum absolute atomic E-state index is 0.130. The lowest BCUT2D eigenvalue weighted by Gasteiger charge is -2.27. The summed E-state index contributed by atoms with van der Waals surface area (Å²) in [5.74, 6) is -0.848. The fourth-order valence-electron chi connectivity index (χ4n) is 2.37. The molecule has 0 saturated heterocycles. The Kier molecular flexibility index (Phi) is 3.94. The van der Waals surface area contributed by atoms with Crippen molar-refractivity contribution in [3.8, 4) is 0 Å². The van der Waals surface area contributed by atoms with E-state index in [1.807, 2.05) is 0 Å². The van der Waals surface area contributed by atoms with E-state index in [-0.39, 0.29) is 23.3 Å². The lowest BCUT2D eigenvalue weighted by Crippen LogP contribution is -2.38. The minimum atomic E-state index is -0.462. The fraction of sp³-hybridized carbons (Fsp3) is 0.462. The Bertz CT molecular complexity index is 435. The molecule has 2 N–H and O–H groups in total. The smallest absolute Gasteiger partial charge is 0.170 e. The van der Waals surface area contributed by atoms with E-state index in [1.54, 1.807) is 12.1 Å². The highest BCUT2D eigenvalue weighted by molar-refractivity contribution is 9.10. The van der Waals surface area contributed by atoms with Crippen LogP contribution in [-0.2, 0) is 0 Å². The van der Waals surface area contributed by atoms with Crippen molar-refractivity contribution in [1.82, 2.24) is 0 Å². The largest absolute Gasteiger partial charge is 0.327 e. The van der Waals surface area contributed by atoms with Gasteiger partial charge < -0.3 is 5.73 Å². The lowest BCUT2D eigenvalue weighted by molar-refractivity contribution is 0.0867. The third-order valence-corrected chi connectivity index (χ3v) is 3.84. The molecule has 0 radical (unpaired) electrons. The molecular weight excluding hydrogens is 285 g/mol. The van der Waals surface area contributed by atoms with E-state index in [0.717, 1.165) is 25.7 Å². The quantitative estimate of drug-likeness (QED) is 0.852. The first kappa shape index (κ1) is 12.7. The molecule has 1 fully saturated rings. The van der Waals surface area contributed by atoms with Crippen LogP contribution in [0.2, 0.25) is 0 Å². The summed E-state index contributed by atoms with van der Waals surface area (Å²) in [5.41, 5.74) is 6.10. The number of carbonyl (C=O) groups is 1. The van der Waals surface area contributed by atoms with Crippen LogP contribution in [-0.4, -0.2) is 11.8 Å². The molecule has 1 aliphatic carbocycles. The molecule has 0 amide bonds. The van der Waals surface area contributed by atoms with Crippen LogP contribution in [0.1, 0.15) is 36.0 Å². The first-order valence-corrected chi connectivity index (χ1v) is 6.63. The summed E-state index contributed by atoms with van der Waals surface area (Å²) in [4.78, 5) is 12.2. The van der Waals surface area contributed by atoms with E-state index in [4.69, 9.17) is 5.73 Å².